The van der Waals surface area contributed by atoms with Gasteiger partial charge in [0, 0.05) is 66.8 Å². The molecule has 19 aromatic rings. The molecule has 4 heterocycles. The Bertz CT molecular complexity index is 6930. The fourth-order valence-corrected chi connectivity index (χ4v) is 21.7. The summed E-state index contributed by atoms with van der Waals surface area (Å²) in [7, 11) is 0. The Morgan fingerprint density at radius 1 is 0.223 bits per heavy atom. The van der Waals surface area contributed by atoms with Crippen molar-refractivity contribution in [1.29, 1.82) is 0 Å². The van der Waals surface area contributed by atoms with E-state index in [9.17, 15) is 0 Å². The minimum absolute atomic E-state index is 0.149. The Balaban J connectivity index is 0.833. The lowest BCUT2D eigenvalue weighted by Crippen LogP contribution is -2.61. The van der Waals surface area contributed by atoms with Crippen molar-refractivity contribution in [3.8, 4) is 55.9 Å². The van der Waals surface area contributed by atoms with Crippen LogP contribution in [0.25, 0.3) is 99.5 Å². The van der Waals surface area contributed by atoms with Gasteiger partial charge in [0.25, 0.3) is 6.71 Å². The number of rotatable bonds is 10. The van der Waals surface area contributed by atoms with Gasteiger partial charge in [-0.15, -0.1) is 0 Å². The van der Waals surface area contributed by atoms with Gasteiger partial charge in [-0.2, -0.15) is 0 Å². The maximum absolute atomic E-state index is 2.70. The lowest BCUT2D eigenvalue weighted by Gasteiger charge is -2.46. The first-order valence-corrected chi connectivity index (χ1v) is 43.0. The molecule has 0 radical (unpaired) electrons. The summed E-state index contributed by atoms with van der Waals surface area (Å²) in [5.74, 6) is 0. The number of aromatic nitrogens is 2. The molecule has 0 atom stereocenters. The third kappa shape index (κ3) is 10.7. The molecule has 2 aliphatic heterocycles. The molecular weight excluding hydrogens is 1460 g/mol. The van der Waals surface area contributed by atoms with Crippen LogP contribution in [-0.4, -0.2) is 15.8 Å². The number of hydrogen-bond acceptors (Lipinski definition) is 2. The fourth-order valence-electron chi connectivity index (χ4n) is 21.7. The molecule has 23 rings (SSSR count). The maximum Gasteiger partial charge on any atom is 0.252 e. The van der Waals surface area contributed by atoms with Gasteiger partial charge in [0.05, 0.1) is 44.3 Å². The predicted octanol–water partition coefficient (Wildman–Crippen LogP) is 27.9. The second kappa shape index (κ2) is 26.8. The third-order valence-electron chi connectivity index (χ3n) is 27.3. The SMILES string of the molecule is CC(C)(C)c1ccc(N2c3cc(-n4c5ccccc5c5cc6c(cc54)C(c4ccccc4)(c4ccccc4)c4ccccc4-6)ccc3B3c4ccc(-n5c6ccccc6c6cc7c(cc65)C(c5ccccc5)(c5ccccc5)c5ccccc5-7)cc4N(c4ccc(C(C)(C)C)cc4-c4ccccc4)c4cc(C(C)(C)C)cc2c43)c(-c2ccccc2)c1. The standard InChI is InChI=1S/C116H91BN4/c1-112(2,3)80-56-62-103(89(64-80)74-36-16-10-17-37-74)120-107-68-83(118-101-54-34-30-50-87(101)93-70-91-85-48-28-32-52-95(85)115(97(91)72-105(93)118,76-40-20-12-21-41-76)77-42-22-13-23-43-77)58-60-99(107)117-100-61-59-84(69-108(100)121(110-67-82(114(7,8)9)66-109(120)111(110)117)104-63-57-81(113(4,5)6)65-90(104)75-38-18-11-19-39-75)119-102-55-35-31-51-88(102)94-71-92-86-49-29-33-53-96(86)116(98(92)73-106(94)119,78-44-24-14-25-45-78)79-46-26-15-27-47-79/h10-73H,1-9H3. The van der Waals surface area contributed by atoms with E-state index in [0.29, 0.717) is 0 Å². The summed E-state index contributed by atoms with van der Waals surface area (Å²) >= 11 is 0. The fraction of sp³-hybridized carbons (Fsp3) is 0.121. The summed E-state index contributed by atoms with van der Waals surface area (Å²) in [6.07, 6.45) is 0. The zero-order chi connectivity index (χ0) is 81.6. The predicted molar refractivity (Wildman–Crippen MR) is 511 cm³/mol. The molecule has 17 aromatic carbocycles. The quantitative estimate of drug-likeness (QED) is 0.127. The van der Waals surface area contributed by atoms with E-state index in [1.807, 2.05) is 0 Å². The molecule has 0 N–H and O–H groups in total. The van der Waals surface area contributed by atoms with Crippen molar-refractivity contribution in [2.45, 2.75) is 89.4 Å². The highest BCUT2D eigenvalue weighted by atomic mass is 15.2. The number of anilines is 6. The van der Waals surface area contributed by atoms with E-state index in [4.69, 9.17) is 0 Å². The van der Waals surface area contributed by atoms with Gasteiger partial charge in [-0.1, -0.05) is 353 Å². The highest BCUT2D eigenvalue weighted by molar-refractivity contribution is 7.00. The smallest absolute Gasteiger partial charge is 0.252 e. The highest BCUT2D eigenvalue weighted by Gasteiger charge is 2.50. The van der Waals surface area contributed by atoms with E-state index in [-0.39, 0.29) is 23.0 Å². The minimum Gasteiger partial charge on any atom is -0.311 e. The topological polar surface area (TPSA) is 16.3 Å². The Morgan fingerprint density at radius 2 is 0.562 bits per heavy atom. The summed E-state index contributed by atoms with van der Waals surface area (Å²) in [5.41, 5.74) is 39.2. The van der Waals surface area contributed by atoms with Gasteiger partial charge >= 0.3 is 0 Å². The third-order valence-corrected chi connectivity index (χ3v) is 27.3. The molecule has 0 saturated heterocycles. The monoisotopic (exact) mass is 1550 g/mol. The average Bonchev–Trinajstić information content (AvgIpc) is 1.62. The highest BCUT2D eigenvalue weighted by Crippen LogP contribution is 2.61. The second-order valence-corrected chi connectivity index (χ2v) is 37.1. The van der Waals surface area contributed by atoms with Gasteiger partial charge in [0.2, 0.25) is 0 Å². The van der Waals surface area contributed by atoms with Gasteiger partial charge in [-0.3, -0.25) is 0 Å². The van der Waals surface area contributed by atoms with Crippen molar-refractivity contribution in [1.82, 2.24) is 9.13 Å². The molecular formula is C116H91BN4. The van der Waals surface area contributed by atoms with Crippen LogP contribution in [0.15, 0.2) is 388 Å². The lowest BCUT2D eigenvalue weighted by molar-refractivity contribution is 0.590. The molecule has 4 nitrogen and oxygen atoms in total. The first-order chi connectivity index (χ1) is 58.9. The summed E-state index contributed by atoms with van der Waals surface area (Å²) in [6, 6.07) is 149. The van der Waals surface area contributed by atoms with Crippen molar-refractivity contribution in [3.05, 3.63) is 449 Å². The van der Waals surface area contributed by atoms with E-state index in [2.05, 4.69) is 469 Å². The van der Waals surface area contributed by atoms with E-state index >= 15 is 0 Å². The molecule has 0 saturated carbocycles. The molecule has 578 valence electrons. The van der Waals surface area contributed by atoms with Gasteiger partial charge in [0.1, 0.15) is 0 Å². The second-order valence-electron chi connectivity index (χ2n) is 37.1. The number of hydrogen-bond donors (Lipinski definition) is 0. The number of benzene rings is 17. The first kappa shape index (κ1) is 72.3. The molecule has 0 spiro atoms. The van der Waals surface area contributed by atoms with Crippen LogP contribution in [0.2, 0.25) is 0 Å². The maximum atomic E-state index is 2.70. The molecule has 0 bridgehead atoms. The van der Waals surface area contributed by atoms with Crippen molar-refractivity contribution >= 4 is 101 Å². The lowest BCUT2D eigenvalue weighted by atomic mass is 9.33. The van der Waals surface area contributed by atoms with Gasteiger partial charge in [-0.05, 0) is 224 Å². The Labute approximate surface area is 709 Å². The van der Waals surface area contributed by atoms with Crippen LogP contribution in [0, 0.1) is 0 Å². The van der Waals surface area contributed by atoms with Crippen LogP contribution >= 0.6 is 0 Å². The molecule has 121 heavy (non-hydrogen) atoms. The summed E-state index contributed by atoms with van der Waals surface area (Å²) in [5, 5.41) is 4.86. The van der Waals surface area contributed by atoms with Crippen molar-refractivity contribution < 1.29 is 0 Å². The van der Waals surface area contributed by atoms with Crippen LogP contribution in [0.1, 0.15) is 124 Å². The van der Waals surface area contributed by atoms with Crippen LogP contribution < -0.4 is 26.2 Å². The van der Waals surface area contributed by atoms with E-state index in [1.165, 1.54) is 133 Å². The number of nitrogens with zero attached hydrogens (tertiary/aromatic N) is 4. The van der Waals surface area contributed by atoms with Gasteiger partial charge < -0.3 is 18.9 Å². The van der Waals surface area contributed by atoms with Crippen LogP contribution in [0.3, 0.4) is 0 Å². The molecule has 0 unspecified atom stereocenters. The van der Waals surface area contributed by atoms with Gasteiger partial charge in [-0.25, -0.2) is 0 Å². The molecule has 4 aliphatic rings. The van der Waals surface area contributed by atoms with Gasteiger partial charge in [0.15, 0.2) is 0 Å². The Hall–Kier alpha value is -14.0. The summed E-state index contributed by atoms with van der Waals surface area (Å²) in [4.78, 5) is 5.41. The largest absolute Gasteiger partial charge is 0.311 e. The first-order valence-electron chi connectivity index (χ1n) is 43.0. The number of para-hydroxylation sites is 2. The van der Waals surface area contributed by atoms with Crippen LogP contribution in [-0.2, 0) is 27.1 Å². The molecule has 2 aromatic heterocycles. The zero-order valence-electron chi connectivity index (χ0n) is 69.8. The van der Waals surface area contributed by atoms with E-state index < -0.39 is 10.8 Å². The molecule has 0 fully saturated rings. The van der Waals surface area contributed by atoms with Crippen LogP contribution in [0.4, 0.5) is 34.1 Å². The minimum atomic E-state index is -0.612. The van der Waals surface area contributed by atoms with E-state index in [0.717, 1.165) is 78.7 Å². The average molecular weight is 1550 g/mol. The normalized spacial score (nSPS) is 14.1. The number of fused-ring (bicyclic) bond motifs is 16. The van der Waals surface area contributed by atoms with E-state index in [1.54, 1.807) is 0 Å². The summed E-state index contributed by atoms with van der Waals surface area (Å²) in [6.45, 7) is 21.0. The van der Waals surface area contributed by atoms with Crippen LogP contribution in [0.5, 0.6) is 0 Å². The zero-order valence-corrected chi connectivity index (χ0v) is 69.8. The molecule has 5 heteroatoms. The molecule has 2 aliphatic carbocycles. The van der Waals surface area contributed by atoms with Crippen molar-refractivity contribution in [3.63, 3.8) is 0 Å². The summed E-state index contributed by atoms with van der Waals surface area (Å²) < 4.78 is 5.19. The Morgan fingerprint density at radius 3 is 0.934 bits per heavy atom. The van der Waals surface area contributed by atoms with Crippen molar-refractivity contribution in [2.75, 3.05) is 9.80 Å². The Kier molecular flexibility index (Phi) is 16.0. The molecule has 0 amide bonds. The van der Waals surface area contributed by atoms with Crippen molar-refractivity contribution in [2.24, 2.45) is 0 Å².